The summed E-state index contributed by atoms with van der Waals surface area (Å²) in [6.07, 6.45) is 2.70. The normalized spacial score (nSPS) is 11.2. The molecule has 0 aliphatic carbocycles. The Bertz CT molecular complexity index is 1230. The SMILES string of the molecule is CCCCN(CCC)c1cc(C(=O)N(C)c2ccccc2)cc(S(N)(=O)=O)c1Oc1ccccc1. The minimum Gasteiger partial charge on any atom is -0.454 e. The number of unbranched alkanes of at least 4 members (excludes halogenated alkanes) is 1. The Morgan fingerprint density at radius 3 is 2.11 bits per heavy atom. The second-order valence-corrected chi connectivity index (χ2v) is 9.85. The molecule has 3 aromatic rings. The fraction of sp³-hybridized carbons (Fsp3) is 0.296. The molecule has 0 radical (unpaired) electrons. The Morgan fingerprint density at radius 1 is 0.914 bits per heavy atom. The number of primary sulfonamides is 1. The molecule has 0 bridgehead atoms. The highest BCUT2D eigenvalue weighted by molar-refractivity contribution is 7.89. The minimum atomic E-state index is -4.21. The van der Waals surface area contributed by atoms with Crippen LogP contribution in [0.15, 0.2) is 77.7 Å². The van der Waals surface area contributed by atoms with E-state index in [1.165, 1.54) is 11.0 Å². The van der Waals surface area contributed by atoms with E-state index >= 15 is 0 Å². The minimum absolute atomic E-state index is 0.127. The molecular weight excluding hydrogens is 462 g/mol. The Kier molecular flexibility index (Phi) is 8.89. The number of nitrogens with two attached hydrogens (primary N) is 1. The monoisotopic (exact) mass is 495 g/mol. The summed E-state index contributed by atoms with van der Waals surface area (Å²) in [5.74, 6) is 0.258. The zero-order valence-corrected chi connectivity index (χ0v) is 21.3. The summed E-state index contributed by atoms with van der Waals surface area (Å²) in [6, 6.07) is 21.1. The first-order chi connectivity index (χ1) is 16.8. The summed E-state index contributed by atoms with van der Waals surface area (Å²) in [4.78, 5) is 16.8. The molecule has 3 rings (SSSR count). The van der Waals surface area contributed by atoms with E-state index in [9.17, 15) is 13.2 Å². The van der Waals surface area contributed by atoms with Gasteiger partial charge in [0.2, 0.25) is 10.0 Å². The molecule has 0 heterocycles. The first-order valence-electron chi connectivity index (χ1n) is 11.8. The topological polar surface area (TPSA) is 92.9 Å². The zero-order valence-electron chi connectivity index (χ0n) is 20.5. The van der Waals surface area contributed by atoms with E-state index in [-0.39, 0.29) is 22.1 Å². The lowest BCUT2D eigenvalue weighted by Crippen LogP contribution is -2.29. The van der Waals surface area contributed by atoms with Crippen LogP contribution in [-0.4, -0.2) is 34.5 Å². The van der Waals surface area contributed by atoms with Crippen molar-refractivity contribution < 1.29 is 17.9 Å². The summed E-state index contributed by atoms with van der Waals surface area (Å²) >= 11 is 0. The summed E-state index contributed by atoms with van der Waals surface area (Å²) in [5, 5.41) is 5.66. The lowest BCUT2D eigenvalue weighted by atomic mass is 10.1. The molecule has 3 aromatic carbocycles. The molecule has 0 saturated heterocycles. The molecule has 2 N–H and O–H groups in total. The van der Waals surface area contributed by atoms with Crippen LogP contribution in [0.2, 0.25) is 0 Å². The molecule has 0 aliphatic heterocycles. The van der Waals surface area contributed by atoms with Crippen LogP contribution in [0.25, 0.3) is 0 Å². The van der Waals surface area contributed by atoms with E-state index in [0.29, 0.717) is 30.2 Å². The average Bonchev–Trinajstić information content (AvgIpc) is 2.86. The second-order valence-electron chi connectivity index (χ2n) is 8.32. The fourth-order valence-corrected chi connectivity index (χ4v) is 4.50. The molecule has 0 unspecified atom stereocenters. The van der Waals surface area contributed by atoms with E-state index in [2.05, 4.69) is 18.7 Å². The Labute approximate surface area is 208 Å². The second kappa shape index (κ2) is 11.9. The van der Waals surface area contributed by atoms with E-state index < -0.39 is 10.0 Å². The van der Waals surface area contributed by atoms with Gasteiger partial charge < -0.3 is 14.5 Å². The van der Waals surface area contributed by atoms with Gasteiger partial charge in [0, 0.05) is 31.4 Å². The van der Waals surface area contributed by atoms with Crippen LogP contribution in [0.5, 0.6) is 11.5 Å². The van der Waals surface area contributed by atoms with Crippen molar-refractivity contribution in [2.45, 2.75) is 38.0 Å². The number of anilines is 2. The number of para-hydroxylation sites is 2. The van der Waals surface area contributed by atoms with Crippen molar-refractivity contribution in [1.82, 2.24) is 0 Å². The molecule has 0 fully saturated rings. The fourth-order valence-electron chi connectivity index (χ4n) is 3.80. The highest BCUT2D eigenvalue weighted by Crippen LogP contribution is 2.40. The van der Waals surface area contributed by atoms with Gasteiger partial charge in [-0.2, -0.15) is 0 Å². The quantitative estimate of drug-likeness (QED) is 0.383. The number of carbonyl (C=O) groups excluding carboxylic acids is 1. The Hall–Kier alpha value is -3.36. The Balaban J connectivity index is 2.21. The Morgan fingerprint density at radius 2 is 1.54 bits per heavy atom. The number of carbonyl (C=O) groups is 1. The number of amides is 1. The van der Waals surface area contributed by atoms with Crippen LogP contribution >= 0.6 is 0 Å². The van der Waals surface area contributed by atoms with E-state index in [1.807, 2.05) is 36.4 Å². The van der Waals surface area contributed by atoms with Crippen LogP contribution < -0.4 is 19.7 Å². The van der Waals surface area contributed by atoms with Gasteiger partial charge in [-0.25, -0.2) is 13.6 Å². The van der Waals surface area contributed by atoms with Gasteiger partial charge in [-0.1, -0.05) is 56.7 Å². The van der Waals surface area contributed by atoms with Crippen molar-refractivity contribution in [2.75, 3.05) is 29.9 Å². The lowest BCUT2D eigenvalue weighted by Gasteiger charge is -2.28. The lowest BCUT2D eigenvalue weighted by molar-refractivity contribution is 0.0993. The maximum absolute atomic E-state index is 13.5. The van der Waals surface area contributed by atoms with Gasteiger partial charge >= 0.3 is 0 Å². The van der Waals surface area contributed by atoms with Crippen molar-refractivity contribution in [3.63, 3.8) is 0 Å². The third-order valence-electron chi connectivity index (χ3n) is 5.62. The standard InChI is InChI=1S/C27H33N3O4S/c1-4-6-18-30(17-5-2)24-19-21(27(31)29(3)22-13-9-7-10-14-22)20-25(35(28,32)33)26(24)34-23-15-11-8-12-16-23/h7-16,19-20H,4-6,17-18H2,1-3H3,(H2,28,32,33). The van der Waals surface area contributed by atoms with Crippen molar-refractivity contribution in [2.24, 2.45) is 5.14 Å². The van der Waals surface area contributed by atoms with E-state index in [0.717, 1.165) is 19.3 Å². The van der Waals surface area contributed by atoms with Crippen LogP contribution in [0.3, 0.4) is 0 Å². The van der Waals surface area contributed by atoms with Crippen LogP contribution in [0, 0.1) is 0 Å². The van der Waals surface area contributed by atoms with Crippen LogP contribution in [0.4, 0.5) is 11.4 Å². The molecule has 1 amide bonds. The maximum atomic E-state index is 13.5. The molecule has 8 heteroatoms. The predicted octanol–water partition coefficient (Wildman–Crippen LogP) is 5.42. The van der Waals surface area contributed by atoms with Gasteiger partial charge in [0.25, 0.3) is 5.91 Å². The van der Waals surface area contributed by atoms with Gasteiger partial charge in [-0.15, -0.1) is 0 Å². The first kappa shape index (κ1) is 26.2. The van der Waals surface area contributed by atoms with E-state index in [4.69, 9.17) is 9.88 Å². The maximum Gasteiger partial charge on any atom is 0.258 e. The van der Waals surface area contributed by atoms with Gasteiger partial charge in [0.15, 0.2) is 5.75 Å². The third kappa shape index (κ3) is 6.61. The van der Waals surface area contributed by atoms with Crippen LogP contribution in [0.1, 0.15) is 43.5 Å². The zero-order chi connectivity index (χ0) is 25.4. The number of nitrogens with zero attached hydrogens (tertiary/aromatic N) is 2. The number of benzene rings is 3. The predicted molar refractivity (Wildman–Crippen MR) is 141 cm³/mol. The van der Waals surface area contributed by atoms with E-state index in [1.54, 1.807) is 37.4 Å². The molecule has 0 aliphatic rings. The van der Waals surface area contributed by atoms with Crippen molar-refractivity contribution in [1.29, 1.82) is 0 Å². The average molecular weight is 496 g/mol. The summed E-state index contributed by atoms with van der Waals surface area (Å²) < 4.78 is 31.6. The van der Waals surface area contributed by atoms with Crippen molar-refractivity contribution in [3.8, 4) is 11.5 Å². The number of hydrogen-bond donors (Lipinski definition) is 1. The molecular formula is C27H33N3O4S. The number of ether oxygens (including phenoxy) is 1. The highest BCUT2D eigenvalue weighted by atomic mass is 32.2. The van der Waals surface area contributed by atoms with Gasteiger partial charge in [-0.05, 0) is 49.2 Å². The van der Waals surface area contributed by atoms with Crippen molar-refractivity contribution >= 4 is 27.3 Å². The highest BCUT2D eigenvalue weighted by Gasteiger charge is 2.27. The summed E-state index contributed by atoms with van der Waals surface area (Å²) in [7, 11) is -2.56. The summed E-state index contributed by atoms with van der Waals surface area (Å²) in [6.45, 7) is 5.50. The molecule has 7 nitrogen and oxygen atoms in total. The van der Waals surface area contributed by atoms with Crippen LogP contribution in [-0.2, 0) is 10.0 Å². The third-order valence-corrected chi connectivity index (χ3v) is 6.53. The number of sulfonamides is 1. The van der Waals surface area contributed by atoms with Gasteiger partial charge in [-0.3, -0.25) is 4.79 Å². The van der Waals surface area contributed by atoms with Gasteiger partial charge in [0.1, 0.15) is 10.6 Å². The molecule has 0 saturated carbocycles. The van der Waals surface area contributed by atoms with Gasteiger partial charge in [0.05, 0.1) is 5.69 Å². The molecule has 186 valence electrons. The number of rotatable bonds is 11. The number of hydrogen-bond acceptors (Lipinski definition) is 5. The first-order valence-corrected chi connectivity index (χ1v) is 13.3. The largest absolute Gasteiger partial charge is 0.454 e. The van der Waals surface area contributed by atoms with Crippen molar-refractivity contribution in [3.05, 3.63) is 78.4 Å². The molecule has 0 spiro atoms. The summed E-state index contributed by atoms with van der Waals surface area (Å²) in [5.41, 5.74) is 1.44. The molecule has 0 aromatic heterocycles. The molecule has 0 atom stereocenters. The smallest absolute Gasteiger partial charge is 0.258 e. The molecule has 35 heavy (non-hydrogen) atoms.